The van der Waals surface area contributed by atoms with E-state index >= 15 is 0 Å². The van der Waals surface area contributed by atoms with Gasteiger partial charge in [-0.3, -0.25) is 4.79 Å². The molecule has 0 N–H and O–H groups in total. The van der Waals surface area contributed by atoms with Gasteiger partial charge in [0.15, 0.2) is 5.78 Å². The zero-order valence-corrected chi connectivity index (χ0v) is 20.5. The van der Waals surface area contributed by atoms with Crippen LogP contribution in [-0.4, -0.2) is 30.9 Å². The van der Waals surface area contributed by atoms with Gasteiger partial charge in [-0.25, -0.2) is 0 Å². The van der Waals surface area contributed by atoms with Crippen LogP contribution < -0.4 is 122 Å². The van der Waals surface area contributed by atoms with Gasteiger partial charge >= 0.3 is 103 Å². The number of carboxylic acids is 2. The molecule has 0 aliphatic heterocycles. The first-order valence-corrected chi connectivity index (χ1v) is 6.94. The molecular weight excluding hydrogens is 394 g/mol. The molecule has 0 bridgehead atoms. The predicted molar refractivity (Wildman–Crippen MR) is 76.3 cm³/mol. The largest absolute Gasteiger partial charge is 1.00 e. The van der Waals surface area contributed by atoms with Crippen LogP contribution in [0, 0.1) is 0 Å². The summed E-state index contributed by atoms with van der Waals surface area (Å²) in [5.74, 6) is -2.52. The first-order valence-electron chi connectivity index (χ1n) is 6.94. The van der Waals surface area contributed by atoms with E-state index in [1.165, 1.54) is 12.1 Å². The zero-order valence-electron chi connectivity index (χ0n) is 14.2. The summed E-state index contributed by atoms with van der Waals surface area (Å²) in [7, 11) is 0. The summed E-state index contributed by atoms with van der Waals surface area (Å²) < 4.78 is 10.0. The molecule has 7 nitrogen and oxygen atoms in total. The van der Waals surface area contributed by atoms with Crippen molar-refractivity contribution < 1.29 is 137 Å². The Bertz CT molecular complexity index is 795. The van der Waals surface area contributed by atoms with E-state index in [4.69, 9.17) is 9.47 Å². The van der Waals surface area contributed by atoms with Crippen LogP contribution in [0.2, 0.25) is 0 Å². The van der Waals surface area contributed by atoms with Gasteiger partial charge in [0, 0.05) is 11.1 Å². The summed E-state index contributed by atoms with van der Waals surface area (Å²) in [6, 6.07) is 9.36. The fraction of sp³-hybridized carbons (Fsp3) is 0.118. The molecule has 0 saturated carbocycles. The quantitative estimate of drug-likeness (QED) is 0.375. The Morgan fingerprint density at radius 3 is 1.46 bits per heavy atom. The zero-order chi connectivity index (χ0) is 17.3. The van der Waals surface area contributed by atoms with Crippen LogP contribution in [0.4, 0.5) is 0 Å². The van der Waals surface area contributed by atoms with E-state index in [1.807, 2.05) is 0 Å². The summed E-state index contributed by atoms with van der Waals surface area (Å²) >= 11 is 0. The van der Waals surface area contributed by atoms with Crippen LogP contribution in [0.1, 0.15) is 15.9 Å². The van der Waals surface area contributed by atoms with Gasteiger partial charge in [-0.1, -0.05) is 0 Å². The molecule has 0 saturated heterocycles. The molecule has 0 amide bonds. The molecule has 122 valence electrons. The number of aliphatic carboxylic acids is 2. The average molecular weight is 404 g/mol. The number of hydrogen-bond donors (Lipinski definition) is 0. The van der Waals surface area contributed by atoms with Crippen LogP contribution in [0.3, 0.4) is 0 Å². The van der Waals surface area contributed by atoms with Crippen molar-refractivity contribution in [3.8, 4) is 22.6 Å². The molecule has 1 aliphatic carbocycles. The van der Waals surface area contributed by atoms with Crippen molar-refractivity contribution in [2.45, 2.75) is 0 Å². The maximum Gasteiger partial charge on any atom is 1.00 e. The molecule has 26 heavy (non-hydrogen) atoms. The van der Waals surface area contributed by atoms with Crippen molar-refractivity contribution in [2.75, 3.05) is 13.2 Å². The minimum Gasteiger partial charge on any atom is -0.546 e. The maximum absolute atomic E-state index is 12.5. The molecule has 2 aromatic carbocycles. The van der Waals surface area contributed by atoms with Gasteiger partial charge in [-0.15, -0.1) is 0 Å². The summed E-state index contributed by atoms with van der Waals surface area (Å²) in [5, 5.41) is 20.9. The number of fused-ring (bicyclic) bond motifs is 3. The third-order valence-electron chi connectivity index (χ3n) is 3.47. The van der Waals surface area contributed by atoms with E-state index in [1.54, 1.807) is 24.3 Å². The standard InChI is InChI=1S/C17H12O7.2K/c18-15(19)7-23-9-1-3-11-12-4-2-10(24-8-16(20)21)6-14(12)17(22)13(11)5-9;;/h1-6H,7-8H2,(H,18,19)(H,20,21);;/q;2*+1/p-2. The summed E-state index contributed by atoms with van der Waals surface area (Å²) in [6.45, 7) is -1.22. The van der Waals surface area contributed by atoms with Gasteiger partial charge in [0.05, 0.1) is 11.9 Å². The Labute approximate surface area is 233 Å². The Balaban J connectivity index is 0.00000169. The van der Waals surface area contributed by atoms with Crippen molar-refractivity contribution in [3.05, 3.63) is 47.5 Å². The number of carboxylic acid groups (broad SMARTS) is 2. The van der Waals surface area contributed by atoms with E-state index in [-0.39, 0.29) is 120 Å². The molecule has 0 fully saturated rings. The first kappa shape index (κ1) is 24.0. The molecule has 1 aliphatic rings. The van der Waals surface area contributed by atoms with Crippen LogP contribution in [0.5, 0.6) is 11.5 Å². The predicted octanol–water partition coefficient (Wildman–Crippen LogP) is -6.84. The van der Waals surface area contributed by atoms with Gasteiger partial charge in [-0.2, -0.15) is 0 Å². The number of rotatable bonds is 6. The third-order valence-corrected chi connectivity index (χ3v) is 3.47. The first-order chi connectivity index (χ1) is 11.5. The molecule has 0 atom stereocenters. The van der Waals surface area contributed by atoms with E-state index in [0.29, 0.717) is 22.3 Å². The minimum absolute atomic E-state index is 0. The van der Waals surface area contributed by atoms with Crippen LogP contribution in [0.15, 0.2) is 36.4 Å². The second-order valence-electron chi connectivity index (χ2n) is 5.07. The molecule has 2 aromatic rings. The minimum atomic E-state index is -1.36. The maximum atomic E-state index is 12.5. The normalized spacial score (nSPS) is 10.7. The second-order valence-corrected chi connectivity index (χ2v) is 5.07. The summed E-state index contributed by atoms with van der Waals surface area (Å²) in [6.07, 6.45) is 0. The van der Waals surface area contributed by atoms with Crippen molar-refractivity contribution in [3.63, 3.8) is 0 Å². The number of carbonyl (C=O) groups is 3. The van der Waals surface area contributed by atoms with Gasteiger partial charge in [0.2, 0.25) is 0 Å². The van der Waals surface area contributed by atoms with Crippen molar-refractivity contribution >= 4 is 17.7 Å². The van der Waals surface area contributed by atoms with Gasteiger partial charge in [-0.05, 0) is 47.5 Å². The van der Waals surface area contributed by atoms with E-state index in [9.17, 15) is 24.6 Å². The SMILES string of the molecule is O=C([O-])COc1ccc2c(c1)C(=O)c1cc(OCC(=O)[O-])ccc1-2.[K+].[K+]. The number of ether oxygens (including phenoxy) is 2. The molecule has 0 unspecified atom stereocenters. The van der Waals surface area contributed by atoms with Crippen LogP contribution >= 0.6 is 0 Å². The van der Waals surface area contributed by atoms with Crippen LogP contribution in [0.25, 0.3) is 11.1 Å². The molecule has 3 rings (SSSR count). The number of hydrogen-bond acceptors (Lipinski definition) is 7. The Hall–Kier alpha value is -0.0773. The van der Waals surface area contributed by atoms with Crippen LogP contribution in [-0.2, 0) is 9.59 Å². The molecule has 0 radical (unpaired) electrons. The van der Waals surface area contributed by atoms with Crippen molar-refractivity contribution in [1.82, 2.24) is 0 Å². The Morgan fingerprint density at radius 1 is 0.731 bits per heavy atom. The molecule has 0 aromatic heterocycles. The van der Waals surface area contributed by atoms with Gasteiger partial charge in [0.1, 0.15) is 24.7 Å². The summed E-state index contributed by atoms with van der Waals surface area (Å²) in [5.41, 5.74) is 2.11. The van der Waals surface area contributed by atoms with E-state index in [0.717, 1.165) is 0 Å². The van der Waals surface area contributed by atoms with Gasteiger partial charge in [0.25, 0.3) is 0 Å². The van der Waals surface area contributed by atoms with E-state index < -0.39 is 25.2 Å². The number of benzene rings is 2. The monoisotopic (exact) mass is 404 g/mol. The number of ketones is 1. The molecule has 0 spiro atoms. The topological polar surface area (TPSA) is 116 Å². The fourth-order valence-electron chi connectivity index (χ4n) is 2.50. The van der Waals surface area contributed by atoms with E-state index in [2.05, 4.69) is 0 Å². The molecular formula is C17H10K2O7. The van der Waals surface area contributed by atoms with Crippen molar-refractivity contribution in [2.24, 2.45) is 0 Å². The smallest absolute Gasteiger partial charge is 0.546 e. The average Bonchev–Trinajstić information content (AvgIpc) is 2.83. The summed E-state index contributed by atoms with van der Waals surface area (Å²) in [4.78, 5) is 33.4. The van der Waals surface area contributed by atoms with Crippen molar-refractivity contribution in [1.29, 1.82) is 0 Å². The number of carbonyl (C=O) groups excluding carboxylic acids is 3. The molecule has 0 heterocycles. The van der Waals surface area contributed by atoms with Gasteiger partial charge < -0.3 is 29.3 Å². The fourth-order valence-corrected chi connectivity index (χ4v) is 2.50. The third kappa shape index (κ3) is 5.47. The Kier molecular flexibility index (Phi) is 9.64. The molecule has 9 heteroatoms. The Morgan fingerprint density at radius 2 is 1.12 bits per heavy atom. The second kappa shape index (κ2) is 10.5.